The van der Waals surface area contributed by atoms with Gasteiger partial charge in [-0.1, -0.05) is 0 Å². The van der Waals surface area contributed by atoms with Crippen molar-refractivity contribution in [3.63, 3.8) is 0 Å². The number of hydrogen-bond acceptors (Lipinski definition) is 4. The van der Waals surface area contributed by atoms with Gasteiger partial charge in [0.15, 0.2) is 0 Å². The van der Waals surface area contributed by atoms with Crippen molar-refractivity contribution in [1.82, 2.24) is 9.97 Å². The number of aliphatic hydroxyl groups is 1. The Balaban J connectivity index is 2.92. The number of rotatable bonds is 3. The molecule has 0 bridgehead atoms. The third kappa shape index (κ3) is 2.63. The fourth-order valence-electron chi connectivity index (χ4n) is 0.906. The maximum absolute atomic E-state index is 8.57. The summed E-state index contributed by atoms with van der Waals surface area (Å²) in [6, 6.07) is 0. The van der Waals surface area contributed by atoms with Crippen LogP contribution < -0.4 is 4.74 Å². The van der Waals surface area contributed by atoms with E-state index in [0.29, 0.717) is 11.7 Å². The Morgan fingerprint density at radius 3 is 2.69 bits per heavy atom. The number of aryl methyl sites for hydroxylation is 2. The molecule has 0 unspecified atom stereocenters. The second kappa shape index (κ2) is 4.53. The third-order valence-corrected chi connectivity index (χ3v) is 2.34. The van der Waals surface area contributed by atoms with Gasteiger partial charge in [-0.3, -0.25) is 0 Å². The molecule has 0 saturated carbocycles. The van der Waals surface area contributed by atoms with Crippen molar-refractivity contribution < 1.29 is 9.84 Å². The van der Waals surface area contributed by atoms with Crippen molar-refractivity contribution in [1.29, 1.82) is 0 Å². The summed E-state index contributed by atoms with van der Waals surface area (Å²) >= 11 is 3.31. The number of aliphatic hydroxyl groups excluding tert-OH is 1. The molecular formula is C8H11BrN2O2. The molecule has 1 rings (SSSR count). The second-order valence-corrected chi connectivity index (χ2v) is 3.34. The Hall–Kier alpha value is -0.680. The van der Waals surface area contributed by atoms with Gasteiger partial charge in [0.25, 0.3) is 0 Å². The SMILES string of the molecule is Cc1nc(C)c(Br)c(OCCO)n1. The largest absolute Gasteiger partial charge is 0.474 e. The molecule has 0 aliphatic rings. The van der Waals surface area contributed by atoms with Crippen LogP contribution in [0.4, 0.5) is 0 Å². The molecule has 5 heteroatoms. The smallest absolute Gasteiger partial charge is 0.231 e. The predicted molar refractivity (Wildman–Crippen MR) is 51.8 cm³/mol. The maximum atomic E-state index is 8.57. The summed E-state index contributed by atoms with van der Waals surface area (Å²) in [5.41, 5.74) is 0.834. The summed E-state index contributed by atoms with van der Waals surface area (Å²) in [5, 5.41) is 8.57. The van der Waals surface area contributed by atoms with E-state index in [0.717, 1.165) is 10.2 Å². The van der Waals surface area contributed by atoms with E-state index in [-0.39, 0.29) is 13.2 Å². The van der Waals surface area contributed by atoms with E-state index in [9.17, 15) is 0 Å². The lowest BCUT2D eigenvalue weighted by molar-refractivity contribution is 0.195. The predicted octanol–water partition coefficient (Wildman–Crippen LogP) is 1.23. The van der Waals surface area contributed by atoms with Crippen molar-refractivity contribution in [2.45, 2.75) is 13.8 Å². The van der Waals surface area contributed by atoms with E-state index in [1.165, 1.54) is 0 Å². The van der Waals surface area contributed by atoms with Crippen LogP contribution in [0.1, 0.15) is 11.5 Å². The Bertz CT molecular complexity index is 304. The molecule has 0 spiro atoms. The summed E-state index contributed by atoms with van der Waals surface area (Å²) in [5.74, 6) is 1.15. The first-order chi connectivity index (χ1) is 6.15. The van der Waals surface area contributed by atoms with Gasteiger partial charge < -0.3 is 9.84 Å². The minimum Gasteiger partial charge on any atom is -0.474 e. The van der Waals surface area contributed by atoms with Gasteiger partial charge in [-0.25, -0.2) is 4.98 Å². The van der Waals surface area contributed by atoms with Crippen LogP contribution in [0.2, 0.25) is 0 Å². The van der Waals surface area contributed by atoms with Gasteiger partial charge in [0, 0.05) is 0 Å². The lowest BCUT2D eigenvalue weighted by Gasteiger charge is -2.07. The number of aromatic nitrogens is 2. The van der Waals surface area contributed by atoms with Crippen LogP contribution in [0.15, 0.2) is 4.47 Å². The molecule has 13 heavy (non-hydrogen) atoms. The van der Waals surface area contributed by atoms with Gasteiger partial charge in [0.05, 0.1) is 12.3 Å². The zero-order valence-electron chi connectivity index (χ0n) is 7.54. The van der Waals surface area contributed by atoms with Gasteiger partial charge in [0.2, 0.25) is 5.88 Å². The summed E-state index contributed by atoms with van der Waals surface area (Å²) in [4.78, 5) is 8.22. The average molecular weight is 247 g/mol. The summed E-state index contributed by atoms with van der Waals surface area (Å²) < 4.78 is 5.94. The molecule has 0 aliphatic carbocycles. The van der Waals surface area contributed by atoms with Crippen LogP contribution in [0.3, 0.4) is 0 Å². The summed E-state index contributed by atoms with van der Waals surface area (Å²) in [6.07, 6.45) is 0. The Morgan fingerprint density at radius 2 is 2.08 bits per heavy atom. The monoisotopic (exact) mass is 246 g/mol. The second-order valence-electron chi connectivity index (χ2n) is 2.55. The number of halogens is 1. The normalized spacial score (nSPS) is 10.2. The number of ether oxygens (including phenoxy) is 1. The fraction of sp³-hybridized carbons (Fsp3) is 0.500. The van der Waals surface area contributed by atoms with Crippen LogP contribution >= 0.6 is 15.9 Å². The van der Waals surface area contributed by atoms with Crippen LogP contribution in [-0.4, -0.2) is 28.3 Å². The van der Waals surface area contributed by atoms with E-state index >= 15 is 0 Å². The van der Waals surface area contributed by atoms with Gasteiger partial charge in [-0.15, -0.1) is 0 Å². The van der Waals surface area contributed by atoms with Crippen LogP contribution in [-0.2, 0) is 0 Å². The molecule has 1 aromatic rings. The van der Waals surface area contributed by atoms with Crippen molar-refractivity contribution in [2.24, 2.45) is 0 Å². The summed E-state index contributed by atoms with van der Waals surface area (Å²) in [6.45, 7) is 3.89. The van der Waals surface area contributed by atoms with Crippen LogP contribution in [0.5, 0.6) is 5.88 Å². The van der Waals surface area contributed by atoms with Crippen molar-refractivity contribution in [3.05, 3.63) is 16.0 Å². The van der Waals surface area contributed by atoms with Crippen molar-refractivity contribution in [3.8, 4) is 5.88 Å². The standard InChI is InChI=1S/C8H11BrN2O2/c1-5-7(9)8(13-4-3-12)11-6(2)10-5/h12H,3-4H2,1-2H3. The highest BCUT2D eigenvalue weighted by Gasteiger charge is 2.07. The lowest BCUT2D eigenvalue weighted by Crippen LogP contribution is -2.06. The van der Waals surface area contributed by atoms with E-state index in [1.54, 1.807) is 6.92 Å². The molecule has 4 nitrogen and oxygen atoms in total. The van der Waals surface area contributed by atoms with Crippen molar-refractivity contribution >= 4 is 15.9 Å². The van der Waals surface area contributed by atoms with E-state index in [1.807, 2.05) is 6.92 Å². The Kier molecular flexibility index (Phi) is 3.62. The molecule has 0 fully saturated rings. The molecule has 72 valence electrons. The Morgan fingerprint density at radius 1 is 1.38 bits per heavy atom. The third-order valence-electron chi connectivity index (χ3n) is 1.43. The van der Waals surface area contributed by atoms with Gasteiger partial charge in [-0.2, -0.15) is 4.98 Å². The van der Waals surface area contributed by atoms with E-state index in [2.05, 4.69) is 25.9 Å². The highest BCUT2D eigenvalue weighted by Crippen LogP contribution is 2.24. The molecule has 0 radical (unpaired) electrons. The minimum absolute atomic E-state index is 0.0193. The topological polar surface area (TPSA) is 55.2 Å². The lowest BCUT2D eigenvalue weighted by atomic mass is 10.4. The molecule has 0 aliphatic heterocycles. The molecule has 0 atom stereocenters. The summed E-state index contributed by atoms with van der Waals surface area (Å²) in [7, 11) is 0. The Labute approximate surface area is 85.1 Å². The van der Waals surface area contributed by atoms with Crippen molar-refractivity contribution in [2.75, 3.05) is 13.2 Å². The van der Waals surface area contributed by atoms with E-state index < -0.39 is 0 Å². The van der Waals surface area contributed by atoms with Crippen LogP contribution in [0.25, 0.3) is 0 Å². The highest BCUT2D eigenvalue weighted by atomic mass is 79.9. The molecule has 0 saturated heterocycles. The fourth-order valence-corrected chi connectivity index (χ4v) is 1.20. The molecular weight excluding hydrogens is 236 g/mol. The van der Waals surface area contributed by atoms with Gasteiger partial charge in [-0.05, 0) is 29.8 Å². The minimum atomic E-state index is -0.0193. The van der Waals surface area contributed by atoms with Crippen LogP contribution in [0, 0.1) is 13.8 Å². The molecule has 1 aromatic heterocycles. The average Bonchev–Trinajstić information content (AvgIpc) is 2.09. The first kappa shape index (κ1) is 10.4. The first-order valence-electron chi connectivity index (χ1n) is 3.89. The maximum Gasteiger partial charge on any atom is 0.231 e. The highest BCUT2D eigenvalue weighted by molar-refractivity contribution is 9.10. The molecule has 1 N–H and O–H groups in total. The number of hydrogen-bond donors (Lipinski definition) is 1. The van der Waals surface area contributed by atoms with E-state index in [4.69, 9.17) is 9.84 Å². The van der Waals surface area contributed by atoms with Gasteiger partial charge >= 0.3 is 0 Å². The quantitative estimate of drug-likeness (QED) is 0.872. The molecule has 1 heterocycles. The number of nitrogens with zero attached hydrogens (tertiary/aromatic N) is 2. The van der Waals surface area contributed by atoms with Gasteiger partial charge in [0.1, 0.15) is 16.9 Å². The molecule has 0 amide bonds. The molecule has 0 aromatic carbocycles. The first-order valence-corrected chi connectivity index (χ1v) is 4.69. The zero-order valence-corrected chi connectivity index (χ0v) is 9.13. The zero-order chi connectivity index (χ0) is 9.84.